The van der Waals surface area contributed by atoms with Gasteiger partial charge in [0, 0.05) is 12.1 Å². The molecule has 4 rings (SSSR count). The number of hydrogen-bond acceptors (Lipinski definition) is 5. The molecule has 1 heterocycles. The fraction of sp³-hybridized carbons (Fsp3) is 0.348. The van der Waals surface area contributed by atoms with Gasteiger partial charge >= 0.3 is 0 Å². The van der Waals surface area contributed by atoms with Crippen LogP contribution in [0.5, 0.6) is 11.5 Å². The summed E-state index contributed by atoms with van der Waals surface area (Å²) in [4.78, 5) is 38.5. The number of hydrogen-bond donors (Lipinski definition) is 2. The van der Waals surface area contributed by atoms with Gasteiger partial charge in [-0.05, 0) is 36.2 Å². The number of amides is 2. The van der Waals surface area contributed by atoms with Crippen LogP contribution in [0.4, 0.5) is 5.69 Å². The minimum Gasteiger partial charge on any atom is -0.493 e. The van der Waals surface area contributed by atoms with E-state index in [-0.39, 0.29) is 17.6 Å². The molecule has 2 aromatic rings. The number of Topliss-reactive ketones (excluding diaryl/α,β-unsaturated/α-hetero) is 1. The van der Waals surface area contributed by atoms with Crippen LogP contribution in [0.25, 0.3) is 0 Å². The molecule has 1 saturated carbocycles. The number of nitrogens with one attached hydrogen (secondary N) is 2. The zero-order chi connectivity index (χ0) is 21.5. The first-order valence-corrected chi connectivity index (χ1v) is 9.85. The van der Waals surface area contributed by atoms with Gasteiger partial charge < -0.3 is 20.1 Å². The van der Waals surface area contributed by atoms with Crippen LogP contribution in [-0.4, -0.2) is 38.4 Å². The maximum Gasteiger partial charge on any atom is 0.229 e. The molecule has 2 aliphatic rings. The minimum atomic E-state index is -1.01. The summed E-state index contributed by atoms with van der Waals surface area (Å²) < 4.78 is 10.5. The third-order valence-corrected chi connectivity index (χ3v) is 6.16. The highest BCUT2D eigenvalue weighted by atomic mass is 16.5. The van der Waals surface area contributed by atoms with Crippen LogP contribution in [0.2, 0.25) is 0 Å². The number of carbonyl (C=O) groups excluding carboxylic acids is 3. The highest BCUT2D eigenvalue weighted by Crippen LogP contribution is 2.62. The predicted molar refractivity (Wildman–Crippen MR) is 111 cm³/mol. The topological polar surface area (TPSA) is 93.7 Å². The fourth-order valence-electron chi connectivity index (χ4n) is 4.41. The van der Waals surface area contributed by atoms with Crippen LogP contribution < -0.4 is 20.1 Å². The second-order valence-electron chi connectivity index (χ2n) is 7.83. The number of benzene rings is 2. The minimum absolute atomic E-state index is 0.165. The average Bonchev–Trinajstić information content (AvgIpc) is 3.41. The van der Waals surface area contributed by atoms with Gasteiger partial charge in [-0.3, -0.25) is 14.4 Å². The molecule has 30 heavy (non-hydrogen) atoms. The van der Waals surface area contributed by atoms with Crippen molar-refractivity contribution >= 4 is 23.3 Å². The first-order chi connectivity index (χ1) is 14.4. The van der Waals surface area contributed by atoms with Crippen molar-refractivity contribution in [3.8, 4) is 11.5 Å². The molecule has 7 heteroatoms. The average molecular weight is 408 g/mol. The van der Waals surface area contributed by atoms with Gasteiger partial charge in [-0.1, -0.05) is 25.1 Å². The van der Waals surface area contributed by atoms with Crippen LogP contribution in [0.1, 0.15) is 22.8 Å². The van der Waals surface area contributed by atoms with E-state index in [1.165, 1.54) is 0 Å². The SMILES string of the molecule is COc1ccc(CCNC(=O)[C@@H]2C3C(=O)Nc4ccccc4C(=O)[C@@]32C)cc1OC. The van der Waals surface area contributed by atoms with Crippen LogP contribution in [0.15, 0.2) is 42.5 Å². The predicted octanol–water partition coefficient (Wildman–Crippen LogP) is 2.45. The van der Waals surface area contributed by atoms with Gasteiger partial charge in [-0.15, -0.1) is 0 Å². The third-order valence-electron chi connectivity index (χ3n) is 6.16. The number of rotatable bonds is 6. The van der Waals surface area contributed by atoms with Gasteiger partial charge in [-0.25, -0.2) is 0 Å². The summed E-state index contributed by atoms with van der Waals surface area (Å²) in [6, 6.07) is 12.5. The summed E-state index contributed by atoms with van der Waals surface area (Å²) in [5.41, 5.74) is 0.932. The van der Waals surface area contributed by atoms with Gasteiger partial charge in [0.1, 0.15) is 0 Å². The Morgan fingerprint density at radius 2 is 1.83 bits per heavy atom. The van der Waals surface area contributed by atoms with Gasteiger partial charge in [0.15, 0.2) is 17.3 Å². The number of anilines is 1. The van der Waals surface area contributed by atoms with Gasteiger partial charge in [0.05, 0.1) is 37.2 Å². The van der Waals surface area contributed by atoms with Crippen molar-refractivity contribution in [2.75, 3.05) is 26.1 Å². The van der Waals surface area contributed by atoms with E-state index in [9.17, 15) is 14.4 Å². The molecular weight excluding hydrogens is 384 g/mol. The van der Waals surface area contributed by atoms with Gasteiger partial charge in [0.25, 0.3) is 0 Å². The first-order valence-electron chi connectivity index (χ1n) is 9.85. The van der Waals surface area contributed by atoms with E-state index in [1.807, 2.05) is 18.2 Å². The Morgan fingerprint density at radius 1 is 1.10 bits per heavy atom. The molecule has 0 saturated heterocycles. The van der Waals surface area contributed by atoms with Crippen molar-refractivity contribution in [3.05, 3.63) is 53.6 Å². The van der Waals surface area contributed by atoms with E-state index < -0.39 is 17.3 Å². The molecule has 0 bridgehead atoms. The van der Waals surface area contributed by atoms with Crippen molar-refractivity contribution in [2.45, 2.75) is 13.3 Å². The summed E-state index contributed by atoms with van der Waals surface area (Å²) in [6.45, 7) is 2.10. The third kappa shape index (κ3) is 3.10. The Hall–Kier alpha value is -3.35. The van der Waals surface area contributed by atoms with E-state index >= 15 is 0 Å². The number of fused-ring (bicyclic) bond motifs is 2. The Balaban J connectivity index is 1.43. The van der Waals surface area contributed by atoms with E-state index in [0.717, 1.165) is 5.56 Å². The van der Waals surface area contributed by atoms with Crippen LogP contribution in [0.3, 0.4) is 0 Å². The monoisotopic (exact) mass is 408 g/mol. The Kier molecular flexibility index (Phi) is 4.97. The zero-order valence-corrected chi connectivity index (χ0v) is 17.2. The highest BCUT2D eigenvalue weighted by Gasteiger charge is 2.73. The van der Waals surface area contributed by atoms with E-state index in [4.69, 9.17) is 9.47 Å². The van der Waals surface area contributed by atoms with Gasteiger partial charge in [-0.2, -0.15) is 0 Å². The zero-order valence-electron chi connectivity index (χ0n) is 17.2. The first kappa shape index (κ1) is 19.9. The molecule has 0 spiro atoms. The molecule has 0 aromatic heterocycles. The second-order valence-corrected chi connectivity index (χ2v) is 7.83. The smallest absolute Gasteiger partial charge is 0.229 e. The number of carbonyl (C=O) groups is 3. The second kappa shape index (κ2) is 7.48. The lowest BCUT2D eigenvalue weighted by Gasteiger charge is -2.13. The van der Waals surface area contributed by atoms with Crippen molar-refractivity contribution in [1.82, 2.24) is 5.32 Å². The molecule has 2 aromatic carbocycles. The summed E-state index contributed by atoms with van der Waals surface area (Å²) in [7, 11) is 3.15. The van der Waals surface area contributed by atoms with Crippen molar-refractivity contribution < 1.29 is 23.9 Å². The van der Waals surface area contributed by atoms with E-state index in [2.05, 4.69) is 10.6 Å². The summed E-state index contributed by atoms with van der Waals surface area (Å²) in [6.07, 6.45) is 0.586. The van der Waals surface area contributed by atoms with E-state index in [0.29, 0.717) is 35.7 Å². The van der Waals surface area contributed by atoms with Crippen molar-refractivity contribution in [1.29, 1.82) is 0 Å². The molecule has 1 unspecified atom stereocenters. The van der Waals surface area contributed by atoms with Crippen molar-refractivity contribution in [3.63, 3.8) is 0 Å². The van der Waals surface area contributed by atoms with Gasteiger partial charge in [0.2, 0.25) is 11.8 Å². The lowest BCUT2D eigenvalue weighted by molar-refractivity contribution is -0.125. The molecule has 7 nitrogen and oxygen atoms in total. The molecule has 0 radical (unpaired) electrons. The number of ether oxygens (including phenoxy) is 2. The summed E-state index contributed by atoms with van der Waals surface area (Å²) in [5, 5.41) is 5.68. The number of para-hydroxylation sites is 1. The molecule has 3 atom stereocenters. The molecular formula is C23H24N2O5. The summed E-state index contributed by atoms with van der Waals surface area (Å²) >= 11 is 0. The Labute approximate surface area is 174 Å². The number of ketones is 1. The maximum atomic E-state index is 13.1. The molecule has 2 amide bonds. The standard InChI is InChI=1S/C23H24N2O5/c1-23-18(19(23)22(28)25-15-7-5-4-6-14(15)20(23)26)21(27)24-11-10-13-8-9-16(29-2)17(12-13)30-3/h4-9,12,18-19H,10-11H2,1-3H3,(H,24,27)(H,25,28)/t18-,19?,23+/m0/s1. The molecule has 1 aliphatic heterocycles. The lowest BCUT2D eigenvalue weighted by atomic mass is 9.92. The normalized spacial score (nSPS) is 24.1. The highest BCUT2D eigenvalue weighted by molar-refractivity contribution is 6.19. The fourth-order valence-corrected chi connectivity index (χ4v) is 4.41. The summed E-state index contributed by atoms with van der Waals surface area (Å²) in [5.74, 6) is -0.772. The van der Waals surface area contributed by atoms with Crippen molar-refractivity contribution in [2.24, 2.45) is 17.3 Å². The van der Waals surface area contributed by atoms with Crippen LogP contribution in [0, 0.1) is 17.3 Å². The van der Waals surface area contributed by atoms with Crippen LogP contribution >= 0.6 is 0 Å². The quantitative estimate of drug-likeness (QED) is 0.766. The molecule has 2 N–H and O–H groups in total. The lowest BCUT2D eigenvalue weighted by Crippen LogP contribution is -2.31. The molecule has 1 fully saturated rings. The Bertz CT molecular complexity index is 1030. The van der Waals surface area contributed by atoms with Crippen LogP contribution in [-0.2, 0) is 16.0 Å². The van der Waals surface area contributed by atoms with E-state index in [1.54, 1.807) is 45.4 Å². The number of methoxy groups -OCH3 is 2. The largest absolute Gasteiger partial charge is 0.493 e. The molecule has 156 valence electrons. The Morgan fingerprint density at radius 3 is 2.57 bits per heavy atom. The maximum absolute atomic E-state index is 13.1. The molecule has 1 aliphatic carbocycles.